The average Bonchev–Trinajstić information content (AvgIpc) is 2.96. The molecule has 0 bridgehead atoms. The molecule has 21 heavy (non-hydrogen) atoms. The molecule has 0 aliphatic heterocycles. The smallest absolute Gasteiger partial charge is 0.319 e. The Hall–Kier alpha value is -1.85. The lowest BCUT2D eigenvalue weighted by molar-refractivity contribution is 0.0604. The summed E-state index contributed by atoms with van der Waals surface area (Å²) in [6, 6.07) is 7.42. The second-order valence-electron chi connectivity index (χ2n) is 5.41. The van der Waals surface area contributed by atoms with Gasteiger partial charge in [0.25, 0.3) is 0 Å². The number of thiophene rings is 1. The monoisotopic (exact) mass is 304 g/mol. The highest BCUT2D eigenvalue weighted by molar-refractivity contribution is 7.08. The molecule has 2 amide bonds. The van der Waals surface area contributed by atoms with Crippen LogP contribution in [0.4, 0.5) is 10.5 Å². The van der Waals surface area contributed by atoms with Crippen molar-refractivity contribution in [1.29, 1.82) is 0 Å². The van der Waals surface area contributed by atoms with E-state index in [0.29, 0.717) is 0 Å². The Bertz CT molecular complexity index is 621. The molecule has 0 saturated carbocycles. The van der Waals surface area contributed by atoms with Crippen molar-refractivity contribution >= 4 is 23.1 Å². The Kier molecular flexibility index (Phi) is 4.65. The van der Waals surface area contributed by atoms with Gasteiger partial charge < -0.3 is 15.7 Å². The van der Waals surface area contributed by atoms with Gasteiger partial charge in [-0.2, -0.15) is 11.3 Å². The highest BCUT2D eigenvalue weighted by atomic mass is 32.1. The van der Waals surface area contributed by atoms with Crippen LogP contribution in [-0.2, 0) is 5.60 Å². The van der Waals surface area contributed by atoms with E-state index in [-0.39, 0.29) is 12.6 Å². The van der Waals surface area contributed by atoms with Crippen LogP contribution < -0.4 is 10.6 Å². The zero-order valence-electron chi connectivity index (χ0n) is 12.4. The van der Waals surface area contributed by atoms with E-state index in [9.17, 15) is 9.90 Å². The predicted molar refractivity (Wildman–Crippen MR) is 86.8 cm³/mol. The molecule has 3 N–H and O–H groups in total. The number of aliphatic hydroxyl groups is 1. The summed E-state index contributed by atoms with van der Waals surface area (Å²) in [5, 5.41) is 19.7. The molecule has 0 aliphatic carbocycles. The number of hydrogen-bond donors (Lipinski definition) is 3. The molecule has 0 fully saturated rings. The van der Waals surface area contributed by atoms with Crippen molar-refractivity contribution in [2.24, 2.45) is 0 Å². The van der Waals surface area contributed by atoms with Crippen LogP contribution in [0.1, 0.15) is 23.6 Å². The minimum absolute atomic E-state index is 0.153. The van der Waals surface area contributed by atoms with Crippen molar-refractivity contribution in [2.75, 3.05) is 11.9 Å². The summed E-state index contributed by atoms with van der Waals surface area (Å²) in [6.07, 6.45) is 0. The average molecular weight is 304 g/mol. The van der Waals surface area contributed by atoms with Crippen LogP contribution in [0.2, 0.25) is 0 Å². The first-order valence-corrected chi connectivity index (χ1v) is 7.70. The Morgan fingerprint density at radius 1 is 1.33 bits per heavy atom. The number of hydrogen-bond acceptors (Lipinski definition) is 3. The third-order valence-electron chi connectivity index (χ3n) is 3.38. The number of nitrogens with one attached hydrogen (secondary N) is 2. The number of aryl methyl sites for hydroxylation is 2. The molecule has 0 radical (unpaired) electrons. The van der Waals surface area contributed by atoms with Crippen LogP contribution in [-0.4, -0.2) is 17.7 Å². The second kappa shape index (κ2) is 6.28. The first kappa shape index (κ1) is 15.5. The normalized spacial score (nSPS) is 13.5. The van der Waals surface area contributed by atoms with E-state index in [4.69, 9.17) is 0 Å². The second-order valence-corrected chi connectivity index (χ2v) is 6.19. The molecule has 1 aromatic carbocycles. The van der Waals surface area contributed by atoms with E-state index in [0.717, 1.165) is 22.4 Å². The third-order valence-corrected chi connectivity index (χ3v) is 4.06. The van der Waals surface area contributed by atoms with Gasteiger partial charge in [0.2, 0.25) is 0 Å². The summed E-state index contributed by atoms with van der Waals surface area (Å²) >= 11 is 1.52. The number of benzene rings is 1. The van der Waals surface area contributed by atoms with Gasteiger partial charge in [0, 0.05) is 5.69 Å². The maximum atomic E-state index is 12.0. The molecule has 1 unspecified atom stereocenters. The standard InChI is InChI=1S/C16H20N2O2S/c1-11-4-5-12(2)14(8-11)18-15(19)17-10-16(3,20)13-6-7-21-9-13/h4-9,20H,10H2,1-3H3,(H2,17,18,19). The van der Waals surface area contributed by atoms with Gasteiger partial charge in [0.05, 0.1) is 6.54 Å². The molecule has 0 spiro atoms. The lowest BCUT2D eigenvalue weighted by atomic mass is 9.99. The maximum Gasteiger partial charge on any atom is 0.319 e. The van der Waals surface area contributed by atoms with E-state index in [1.165, 1.54) is 11.3 Å². The number of rotatable bonds is 4. The van der Waals surface area contributed by atoms with Crippen molar-refractivity contribution in [3.8, 4) is 0 Å². The molecule has 112 valence electrons. The fraction of sp³-hybridized carbons (Fsp3) is 0.312. The lowest BCUT2D eigenvalue weighted by Gasteiger charge is -2.23. The highest BCUT2D eigenvalue weighted by Crippen LogP contribution is 2.22. The summed E-state index contributed by atoms with van der Waals surface area (Å²) in [7, 11) is 0. The van der Waals surface area contributed by atoms with Gasteiger partial charge in [-0.05, 0) is 60.4 Å². The molecular weight excluding hydrogens is 284 g/mol. The Labute approximate surface area is 128 Å². The van der Waals surface area contributed by atoms with Gasteiger partial charge in [-0.1, -0.05) is 12.1 Å². The van der Waals surface area contributed by atoms with Crippen LogP contribution in [0.15, 0.2) is 35.0 Å². The quantitative estimate of drug-likeness (QED) is 0.811. The van der Waals surface area contributed by atoms with E-state index < -0.39 is 5.60 Å². The Balaban J connectivity index is 1.95. The van der Waals surface area contributed by atoms with E-state index in [2.05, 4.69) is 10.6 Å². The van der Waals surface area contributed by atoms with Crippen molar-refractivity contribution in [2.45, 2.75) is 26.4 Å². The van der Waals surface area contributed by atoms with E-state index in [1.807, 2.05) is 48.9 Å². The molecule has 1 atom stereocenters. The summed E-state index contributed by atoms with van der Waals surface area (Å²) < 4.78 is 0. The number of carbonyl (C=O) groups excluding carboxylic acids is 1. The third kappa shape index (κ3) is 4.06. The SMILES string of the molecule is Cc1ccc(C)c(NC(=O)NCC(C)(O)c2ccsc2)c1. The summed E-state index contributed by atoms with van der Waals surface area (Å²) in [5.74, 6) is 0. The summed E-state index contributed by atoms with van der Waals surface area (Å²) in [6.45, 7) is 5.76. The molecule has 2 rings (SSSR count). The number of urea groups is 1. The minimum atomic E-state index is -1.07. The van der Waals surface area contributed by atoms with Gasteiger partial charge in [0.1, 0.15) is 5.60 Å². The molecular formula is C16H20N2O2S. The molecule has 1 aromatic heterocycles. The molecule has 0 saturated heterocycles. The number of carbonyl (C=O) groups is 1. The fourth-order valence-corrected chi connectivity index (χ4v) is 2.75. The zero-order chi connectivity index (χ0) is 15.5. The largest absolute Gasteiger partial charge is 0.384 e. The topological polar surface area (TPSA) is 61.4 Å². The number of anilines is 1. The van der Waals surface area contributed by atoms with Gasteiger partial charge in [-0.25, -0.2) is 4.79 Å². The Morgan fingerprint density at radius 3 is 2.76 bits per heavy atom. The minimum Gasteiger partial charge on any atom is -0.384 e. The van der Waals surface area contributed by atoms with Crippen LogP contribution in [0, 0.1) is 13.8 Å². The van der Waals surface area contributed by atoms with Crippen LogP contribution in [0.3, 0.4) is 0 Å². The molecule has 2 aromatic rings. The predicted octanol–water partition coefficient (Wildman–Crippen LogP) is 3.39. The van der Waals surface area contributed by atoms with Gasteiger partial charge in [-0.3, -0.25) is 0 Å². The first-order chi connectivity index (χ1) is 9.88. The molecule has 4 nitrogen and oxygen atoms in total. The van der Waals surface area contributed by atoms with Gasteiger partial charge in [-0.15, -0.1) is 0 Å². The molecule has 0 aliphatic rings. The fourth-order valence-electron chi connectivity index (χ4n) is 1.96. The summed E-state index contributed by atoms with van der Waals surface area (Å²) in [5.41, 5.74) is 2.60. The van der Waals surface area contributed by atoms with E-state index >= 15 is 0 Å². The van der Waals surface area contributed by atoms with Gasteiger partial charge in [0.15, 0.2) is 0 Å². The van der Waals surface area contributed by atoms with Crippen LogP contribution in [0.5, 0.6) is 0 Å². The van der Waals surface area contributed by atoms with Crippen molar-refractivity contribution in [3.05, 3.63) is 51.7 Å². The van der Waals surface area contributed by atoms with Crippen LogP contribution in [0.25, 0.3) is 0 Å². The van der Waals surface area contributed by atoms with Crippen molar-refractivity contribution in [3.63, 3.8) is 0 Å². The summed E-state index contributed by atoms with van der Waals surface area (Å²) in [4.78, 5) is 12.0. The lowest BCUT2D eigenvalue weighted by Crippen LogP contribution is -2.40. The van der Waals surface area contributed by atoms with Crippen molar-refractivity contribution in [1.82, 2.24) is 5.32 Å². The first-order valence-electron chi connectivity index (χ1n) is 6.75. The van der Waals surface area contributed by atoms with Gasteiger partial charge >= 0.3 is 6.03 Å². The zero-order valence-corrected chi connectivity index (χ0v) is 13.3. The van der Waals surface area contributed by atoms with Crippen molar-refractivity contribution < 1.29 is 9.90 Å². The highest BCUT2D eigenvalue weighted by Gasteiger charge is 2.24. The van der Waals surface area contributed by atoms with Crippen LogP contribution >= 0.6 is 11.3 Å². The van der Waals surface area contributed by atoms with E-state index in [1.54, 1.807) is 6.92 Å². The maximum absolute atomic E-state index is 12.0. The number of amides is 2. The Morgan fingerprint density at radius 2 is 2.10 bits per heavy atom. The molecule has 5 heteroatoms. The molecule has 1 heterocycles.